The molecule has 0 unspecified atom stereocenters. The van der Waals surface area contributed by atoms with E-state index in [9.17, 15) is 9.18 Å². The zero-order valence-corrected chi connectivity index (χ0v) is 9.61. The Labute approximate surface area is 101 Å². The summed E-state index contributed by atoms with van der Waals surface area (Å²) in [4.78, 5) is 12.2. The lowest BCUT2D eigenvalue weighted by molar-refractivity contribution is 0.103. The number of anilines is 1. The summed E-state index contributed by atoms with van der Waals surface area (Å²) in [5.41, 5.74) is 0.477. The molecule has 0 atom stereocenters. The van der Waals surface area contributed by atoms with Gasteiger partial charge in [-0.2, -0.15) is 0 Å². The summed E-state index contributed by atoms with van der Waals surface area (Å²) in [5.74, 6) is -0.728. The van der Waals surface area contributed by atoms with Crippen LogP contribution < -0.4 is 5.32 Å². The highest BCUT2D eigenvalue weighted by molar-refractivity contribution is 7.12. The summed E-state index contributed by atoms with van der Waals surface area (Å²) >= 11 is 6.94. The molecule has 5 heteroatoms. The van der Waals surface area contributed by atoms with E-state index in [-0.39, 0.29) is 10.9 Å². The Morgan fingerprint density at radius 1 is 1.38 bits per heavy atom. The van der Waals surface area contributed by atoms with Gasteiger partial charge in [-0.3, -0.25) is 4.79 Å². The average Bonchev–Trinajstić information content (AvgIpc) is 2.77. The molecule has 82 valence electrons. The molecule has 1 aromatic heterocycles. The highest BCUT2D eigenvalue weighted by atomic mass is 35.5. The fraction of sp³-hybridized carbons (Fsp3) is 0. The van der Waals surface area contributed by atoms with Crippen LogP contribution in [0.1, 0.15) is 9.67 Å². The molecule has 0 saturated carbocycles. The van der Waals surface area contributed by atoms with E-state index in [1.807, 2.05) is 5.38 Å². The first-order valence-corrected chi connectivity index (χ1v) is 5.72. The van der Waals surface area contributed by atoms with Gasteiger partial charge < -0.3 is 5.32 Å². The van der Waals surface area contributed by atoms with E-state index in [1.54, 1.807) is 12.1 Å². The van der Waals surface area contributed by atoms with Gasteiger partial charge in [0.2, 0.25) is 0 Å². The molecule has 1 aromatic carbocycles. The van der Waals surface area contributed by atoms with Gasteiger partial charge in [0.05, 0.1) is 9.90 Å². The van der Waals surface area contributed by atoms with Gasteiger partial charge in [0, 0.05) is 5.69 Å². The van der Waals surface area contributed by atoms with E-state index in [0.29, 0.717) is 10.6 Å². The highest BCUT2D eigenvalue weighted by Crippen LogP contribution is 2.20. The van der Waals surface area contributed by atoms with Crippen molar-refractivity contribution in [1.29, 1.82) is 0 Å². The lowest BCUT2D eigenvalue weighted by Crippen LogP contribution is -2.09. The third-order valence-corrected chi connectivity index (χ3v) is 3.08. The van der Waals surface area contributed by atoms with E-state index >= 15 is 0 Å². The number of carbonyl (C=O) groups is 1. The lowest BCUT2D eigenvalue weighted by atomic mass is 10.3. The van der Waals surface area contributed by atoms with Crippen LogP contribution in [-0.4, -0.2) is 5.91 Å². The summed E-state index contributed by atoms with van der Waals surface area (Å²) < 4.78 is 12.9. The second-order valence-electron chi connectivity index (χ2n) is 3.06. The SMILES string of the molecule is O=C(Nc1ccc(F)c(Cl)c1)c1cccs1. The summed E-state index contributed by atoms with van der Waals surface area (Å²) in [7, 11) is 0. The quantitative estimate of drug-likeness (QED) is 0.869. The summed E-state index contributed by atoms with van der Waals surface area (Å²) in [6, 6.07) is 7.56. The molecule has 2 aromatic rings. The number of halogens is 2. The Balaban J connectivity index is 2.15. The molecule has 0 aliphatic rings. The molecule has 16 heavy (non-hydrogen) atoms. The van der Waals surface area contributed by atoms with Gasteiger partial charge >= 0.3 is 0 Å². The van der Waals surface area contributed by atoms with Crippen molar-refractivity contribution in [1.82, 2.24) is 0 Å². The van der Waals surface area contributed by atoms with Crippen molar-refractivity contribution in [2.75, 3.05) is 5.32 Å². The number of carbonyl (C=O) groups excluding carboxylic acids is 1. The second-order valence-corrected chi connectivity index (χ2v) is 4.42. The van der Waals surface area contributed by atoms with Gasteiger partial charge in [0.1, 0.15) is 5.82 Å². The maximum atomic E-state index is 12.9. The van der Waals surface area contributed by atoms with Gasteiger partial charge in [-0.1, -0.05) is 17.7 Å². The van der Waals surface area contributed by atoms with Crippen molar-refractivity contribution in [3.05, 3.63) is 51.4 Å². The third-order valence-electron chi connectivity index (χ3n) is 1.92. The normalized spacial score (nSPS) is 10.1. The molecular formula is C11H7ClFNOS. The molecule has 2 nitrogen and oxygen atoms in total. The highest BCUT2D eigenvalue weighted by Gasteiger charge is 2.08. The molecule has 0 radical (unpaired) electrons. The predicted octanol–water partition coefficient (Wildman–Crippen LogP) is 3.79. The summed E-state index contributed by atoms with van der Waals surface area (Å²) in [6.07, 6.45) is 0. The zero-order chi connectivity index (χ0) is 11.5. The van der Waals surface area contributed by atoms with Crippen LogP contribution in [0.25, 0.3) is 0 Å². The number of thiophene rings is 1. The number of nitrogens with one attached hydrogen (secondary N) is 1. The molecule has 0 aliphatic carbocycles. The minimum atomic E-state index is -0.504. The lowest BCUT2D eigenvalue weighted by Gasteiger charge is -2.04. The molecule has 1 heterocycles. The Kier molecular flexibility index (Phi) is 3.22. The molecule has 1 N–H and O–H groups in total. The van der Waals surface area contributed by atoms with E-state index < -0.39 is 5.82 Å². The van der Waals surface area contributed by atoms with Crippen molar-refractivity contribution in [3.63, 3.8) is 0 Å². The number of amides is 1. The smallest absolute Gasteiger partial charge is 0.265 e. The third kappa shape index (κ3) is 2.40. The molecule has 0 bridgehead atoms. The van der Waals surface area contributed by atoms with Crippen LogP contribution in [0.2, 0.25) is 5.02 Å². The fourth-order valence-corrected chi connectivity index (χ4v) is 1.97. The Hall–Kier alpha value is -1.39. The minimum absolute atomic E-state index is 0.0102. The van der Waals surface area contributed by atoms with Gasteiger partial charge in [-0.05, 0) is 29.6 Å². The molecule has 0 fully saturated rings. The topological polar surface area (TPSA) is 29.1 Å². The Morgan fingerprint density at radius 3 is 2.81 bits per heavy atom. The number of rotatable bonds is 2. The van der Waals surface area contributed by atoms with Crippen molar-refractivity contribution >= 4 is 34.5 Å². The molecule has 0 aliphatic heterocycles. The van der Waals surface area contributed by atoms with Crippen LogP contribution in [0.4, 0.5) is 10.1 Å². The van der Waals surface area contributed by atoms with Crippen LogP contribution in [0.5, 0.6) is 0 Å². The average molecular weight is 256 g/mol. The molecule has 0 spiro atoms. The van der Waals surface area contributed by atoms with Crippen LogP contribution in [0.3, 0.4) is 0 Å². The Bertz CT molecular complexity index is 513. The summed E-state index contributed by atoms with van der Waals surface area (Å²) in [6.45, 7) is 0. The maximum Gasteiger partial charge on any atom is 0.265 e. The fourth-order valence-electron chi connectivity index (χ4n) is 1.17. The Morgan fingerprint density at radius 2 is 2.19 bits per heavy atom. The van der Waals surface area contributed by atoms with Crippen molar-refractivity contribution < 1.29 is 9.18 Å². The largest absolute Gasteiger partial charge is 0.321 e. The molecule has 0 saturated heterocycles. The van der Waals surface area contributed by atoms with E-state index in [2.05, 4.69) is 5.32 Å². The van der Waals surface area contributed by atoms with Gasteiger partial charge in [0.25, 0.3) is 5.91 Å². The minimum Gasteiger partial charge on any atom is -0.321 e. The second kappa shape index (κ2) is 4.63. The van der Waals surface area contributed by atoms with E-state index in [0.717, 1.165) is 0 Å². The first kappa shape index (κ1) is 11.1. The van der Waals surface area contributed by atoms with Crippen molar-refractivity contribution in [2.24, 2.45) is 0 Å². The van der Waals surface area contributed by atoms with Crippen LogP contribution >= 0.6 is 22.9 Å². The van der Waals surface area contributed by atoms with Gasteiger partial charge in [-0.15, -0.1) is 11.3 Å². The summed E-state index contributed by atoms with van der Waals surface area (Å²) in [5, 5.41) is 4.43. The predicted molar refractivity (Wildman–Crippen MR) is 63.7 cm³/mol. The van der Waals surface area contributed by atoms with E-state index in [1.165, 1.54) is 29.5 Å². The van der Waals surface area contributed by atoms with Crippen LogP contribution in [0.15, 0.2) is 35.7 Å². The van der Waals surface area contributed by atoms with Gasteiger partial charge in [0.15, 0.2) is 0 Å². The monoisotopic (exact) mass is 255 g/mol. The van der Waals surface area contributed by atoms with Crippen LogP contribution in [0, 0.1) is 5.82 Å². The van der Waals surface area contributed by atoms with E-state index in [4.69, 9.17) is 11.6 Å². The standard InChI is InChI=1S/C11H7ClFNOS/c12-8-6-7(3-4-9(8)13)14-11(15)10-2-1-5-16-10/h1-6H,(H,14,15). The number of benzene rings is 1. The number of hydrogen-bond donors (Lipinski definition) is 1. The number of hydrogen-bond acceptors (Lipinski definition) is 2. The molecule has 2 rings (SSSR count). The van der Waals surface area contributed by atoms with Crippen molar-refractivity contribution in [3.8, 4) is 0 Å². The van der Waals surface area contributed by atoms with Gasteiger partial charge in [-0.25, -0.2) is 4.39 Å². The first-order chi connectivity index (χ1) is 7.66. The van der Waals surface area contributed by atoms with Crippen molar-refractivity contribution in [2.45, 2.75) is 0 Å². The maximum absolute atomic E-state index is 12.9. The van der Waals surface area contributed by atoms with Crippen LogP contribution in [-0.2, 0) is 0 Å². The molecular weight excluding hydrogens is 249 g/mol. The zero-order valence-electron chi connectivity index (χ0n) is 8.04. The molecule has 1 amide bonds. The first-order valence-electron chi connectivity index (χ1n) is 4.47.